The van der Waals surface area contributed by atoms with Gasteiger partial charge in [-0.15, -0.1) is 11.3 Å². The molecule has 5 aromatic heterocycles. The third kappa shape index (κ3) is 3.78. The average Bonchev–Trinajstić information content (AvgIpc) is 3.93. The lowest BCUT2D eigenvalue weighted by Gasteiger charge is -2.11. The van der Waals surface area contributed by atoms with E-state index in [1.54, 1.807) is 0 Å². The van der Waals surface area contributed by atoms with Crippen LogP contribution >= 0.6 is 11.3 Å². The Bertz CT molecular complexity index is 3370. The Kier molecular flexibility index (Phi) is 5.62. The van der Waals surface area contributed by atoms with Crippen molar-refractivity contribution in [2.45, 2.75) is 0 Å². The van der Waals surface area contributed by atoms with Gasteiger partial charge >= 0.3 is 0 Å². The van der Waals surface area contributed by atoms with Gasteiger partial charge in [-0.3, -0.25) is 4.98 Å². The summed E-state index contributed by atoms with van der Waals surface area (Å²) in [5, 5.41) is 9.99. The molecule has 4 nitrogen and oxygen atoms in total. The molecule has 0 unspecified atom stereocenters. The molecule has 0 radical (unpaired) electrons. The van der Waals surface area contributed by atoms with Crippen LogP contribution in [0.4, 0.5) is 0 Å². The molecule has 0 N–H and O–H groups in total. The number of hydrogen-bond donors (Lipinski definition) is 0. The molecule has 12 aromatic rings. The maximum absolute atomic E-state index is 4.39. The van der Waals surface area contributed by atoms with Crippen LogP contribution in [0.15, 0.2) is 170 Å². The summed E-state index contributed by atoms with van der Waals surface area (Å²) in [7, 11) is 0. The molecule has 0 aliphatic heterocycles. The van der Waals surface area contributed by atoms with Crippen LogP contribution in [0.3, 0.4) is 0 Å². The molecule has 0 bridgehead atoms. The quantitative estimate of drug-likeness (QED) is 0.182. The highest BCUT2D eigenvalue weighted by Crippen LogP contribution is 2.40. The van der Waals surface area contributed by atoms with Gasteiger partial charge in [0.25, 0.3) is 0 Å². The zero-order valence-electron chi connectivity index (χ0n) is 27.9. The first-order valence-corrected chi connectivity index (χ1v) is 18.4. The van der Waals surface area contributed by atoms with Crippen LogP contribution in [0.2, 0.25) is 0 Å². The molecule has 0 spiro atoms. The predicted molar refractivity (Wildman–Crippen MR) is 220 cm³/mol. The van der Waals surface area contributed by atoms with E-state index in [1.165, 1.54) is 91.3 Å². The van der Waals surface area contributed by atoms with E-state index in [0.29, 0.717) is 0 Å². The van der Waals surface area contributed by atoms with Crippen molar-refractivity contribution in [1.29, 1.82) is 0 Å². The largest absolute Gasteiger partial charge is 0.309 e. The number of para-hydroxylation sites is 4. The lowest BCUT2D eigenvalue weighted by atomic mass is 10.1. The number of benzene rings is 7. The number of pyridine rings is 1. The van der Waals surface area contributed by atoms with Crippen molar-refractivity contribution in [1.82, 2.24) is 18.7 Å². The zero-order chi connectivity index (χ0) is 33.9. The minimum Gasteiger partial charge on any atom is -0.309 e. The first-order valence-electron chi connectivity index (χ1n) is 17.6. The van der Waals surface area contributed by atoms with E-state index in [1.807, 2.05) is 23.7 Å². The topological polar surface area (TPSA) is 27.7 Å². The third-order valence-corrected chi connectivity index (χ3v) is 12.1. The van der Waals surface area contributed by atoms with E-state index in [4.69, 9.17) is 0 Å². The first kappa shape index (κ1) is 28.1. The number of rotatable bonds is 3. The molecule has 7 aromatic carbocycles. The van der Waals surface area contributed by atoms with Gasteiger partial charge in [0.15, 0.2) is 0 Å². The minimum absolute atomic E-state index is 1.15. The lowest BCUT2D eigenvalue weighted by molar-refractivity contribution is 1.16. The third-order valence-electron chi connectivity index (χ3n) is 10.9. The monoisotopic (exact) mass is 680 g/mol. The van der Waals surface area contributed by atoms with Crippen LogP contribution in [-0.4, -0.2) is 18.7 Å². The van der Waals surface area contributed by atoms with Crippen LogP contribution in [0.5, 0.6) is 0 Å². The summed E-state index contributed by atoms with van der Waals surface area (Å²) in [6.45, 7) is 0. The second kappa shape index (κ2) is 10.4. The molecule has 0 amide bonds. The maximum atomic E-state index is 4.39. The molecule has 0 fully saturated rings. The summed E-state index contributed by atoms with van der Waals surface area (Å²) < 4.78 is 9.80. The van der Waals surface area contributed by atoms with Crippen molar-refractivity contribution < 1.29 is 0 Å². The molecule has 0 aliphatic carbocycles. The van der Waals surface area contributed by atoms with Crippen molar-refractivity contribution >= 4 is 96.9 Å². The fraction of sp³-hybridized carbons (Fsp3) is 0. The summed E-state index contributed by atoms with van der Waals surface area (Å²) >= 11 is 1.83. The van der Waals surface area contributed by atoms with Crippen molar-refractivity contribution in [2.24, 2.45) is 0 Å². The summed E-state index contributed by atoms with van der Waals surface area (Å²) in [5.41, 5.74) is 10.7. The second-order valence-electron chi connectivity index (χ2n) is 13.6. The molecule has 5 heteroatoms. The Morgan fingerprint density at radius 3 is 1.27 bits per heavy atom. The molecule has 52 heavy (non-hydrogen) atoms. The van der Waals surface area contributed by atoms with Gasteiger partial charge in [-0.05, 0) is 78.9 Å². The van der Waals surface area contributed by atoms with Crippen LogP contribution in [0.25, 0.3) is 103 Å². The van der Waals surface area contributed by atoms with Crippen LogP contribution < -0.4 is 0 Å². The van der Waals surface area contributed by atoms with Crippen LogP contribution in [0, 0.1) is 0 Å². The molecule has 12 rings (SSSR count). The molecule has 0 saturated heterocycles. The Labute approximate surface area is 301 Å². The fourth-order valence-corrected chi connectivity index (χ4v) is 9.81. The minimum atomic E-state index is 1.15. The number of fused-ring (bicyclic) bond motifs is 12. The maximum Gasteiger partial charge on any atom is 0.0542 e. The average molecular weight is 681 g/mol. The Morgan fingerprint density at radius 1 is 0.327 bits per heavy atom. The van der Waals surface area contributed by atoms with Crippen LogP contribution in [-0.2, 0) is 0 Å². The molecular formula is C47H28N4S. The van der Waals surface area contributed by atoms with Gasteiger partial charge in [-0.2, -0.15) is 0 Å². The summed E-state index contributed by atoms with van der Waals surface area (Å²) in [6.07, 6.45) is 3.86. The molecule has 5 heterocycles. The molecule has 0 atom stereocenters. The molecule has 242 valence electrons. The van der Waals surface area contributed by atoms with E-state index >= 15 is 0 Å². The predicted octanol–water partition coefficient (Wildman–Crippen LogP) is 12.7. The summed E-state index contributed by atoms with van der Waals surface area (Å²) in [5.74, 6) is 0. The van der Waals surface area contributed by atoms with Crippen molar-refractivity contribution in [3.63, 3.8) is 0 Å². The second-order valence-corrected chi connectivity index (χ2v) is 14.7. The highest BCUT2D eigenvalue weighted by molar-refractivity contribution is 7.25. The van der Waals surface area contributed by atoms with Crippen molar-refractivity contribution in [3.05, 3.63) is 170 Å². The fourth-order valence-electron chi connectivity index (χ4n) is 8.71. The van der Waals surface area contributed by atoms with Crippen molar-refractivity contribution in [3.8, 4) is 17.1 Å². The molecule has 0 aliphatic rings. The Hall–Kier alpha value is -6.69. The SMILES string of the molecule is c1ccc2c(c1)c1ccccc1n2-c1ccc2c(c1)c1ccccc1n2-c1ccc2c(c1)c1ccccc1n2-c1ccc2c(c1)sc1ccncc12. The van der Waals surface area contributed by atoms with Crippen molar-refractivity contribution in [2.75, 3.05) is 0 Å². The van der Waals surface area contributed by atoms with Gasteiger partial charge in [-0.1, -0.05) is 78.9 Å². The number of aromatic nitrogens is 4. The highest BCUT2D eigenvalue weighted by Gasteiger charge is 2.19. The van der Waals surface area contributed by atoms with Gasteiger partial charge in [0.05, 0.1) is 33.1 Å². The zero-order valence-corrected chi connectivity index (χ0v) is 28.7. The summed E-state index contributed by atoms with van der Waals surface area (Å²) in [4.78, 5) is 4.39. The van der Waals surface area contributed by atoms with E-state index in [0.717, 1.165) is 11.4 Å². The molecule has 0 saturated carbocycles. The summed E-state index contributed by atoms with van der Waals surface area (Å²) in [6, 6.07) is 57.9. The number of thiophene rings is 1. The van der Waals surface area contributed by atoms with E-state index in [9.17, 15) is 0 Å². The number of nitrogens with zero attached hydrogens (tertiary/aromatic N) is 4. The van der Waals surface area contributed by atoms with E-state index < -0.39 is 0 Å². The smallest absolute Gasteiger partial charge is 0.0542 e. The van der Waals surface area contributed by atoms with Gasteiger partial charge in [0, 0.05) is 81.9 Å². The van der Waals surface area contributed by atoms with Gasteiger partial charge in [-0.25, -0.2) is 0 Å². The van der Waals surface area contributed by atoms with E-state index in [-0.39, 0.29) is 0 Å². The molecular weight excluding hydrogens is 653 g/mol. The van der Waals surface area contributed by atoms with E-state index in [2.05, 4.69) is 176 Å². The first-order chi connectivity index (χ1) is 25.8. The van der Waals surface area contributed by atoms with Gasteiger partial charge in [0.1, 0.15) is 0 Å². The Balaban J connectivity index is 1.08. The lowest BCUT2D eigenvalue weighted by Crippen LogP contribution is -1.96. The van der Waals surface area contributed by atoms with Gasteiger partial charge in [0.2, 0.25) is 0 Å². The van der Waals surface area contributed by atoms with Gasteiger partial charge < -0.3 is 13.7 Å². The normalized spacial score (nSPS) is 12.2. The Morgan fingerprint density at radius 2 is 0.750 bits per heavy atom. The standard InChI is InChI=1S/C47H28N4S/c1-5-13-40-32(9-1)33-10-2-6-14-41(33)49(40)29-18-21-44-37(25-29)34-11-3-7-15-42(34)50(44)30-19-22-45-38(26-30)35-12-4-8-16-43(35)51(45)31-17-20-36-39-28-48-24-23-46(39)52-47(36)27-31/h1-28H. The number of hydrogen-bond acceptors (Lipinski definition) is 2. The van der Waals surface area contributed by atoms with Crippen LogP contribution in [0.1, 0.15) is 0 Å². The highest BCUT2D eigenvalue weighted by atomic mass is 32.1.